The zero-order valence-corrected chi connectivity index (χ0v) is 10.5. The molecule has 1 aliphatic rings. The number of hydrogen-bond donors (Lipinski definition) is 2. The summed E-state index contributed by atoms with van der Waals surface area (Å²) in [5.74, 6) is 0. The Kier molecular flexibility index (Phi) is 3.63. The van der Waals surface area contributed by atoms with E-state index in [0.29, 0.717) is 4.88 Å². The fourth-order valence-corrected chi connectivity index (χ4v) is 4.35. The maximum Gasteiger partial charge on any atom is 0.241 e. The Balaban J connectivity index is 2.11. The molecule has 0 unspecified atom stereocenters. The highest BCUT2D eigenvalue weighted by Gasteiger charge is 2.23. The predicted molar refractivity (Wildman–Crippen MR) is 62.8 cm³/mol. The third kappa shape index (κ3) is 2.63. The number of hydrogen-bond acceptors (Lipinski definition) is 4. The summed E-state index contributed by atoms with van der Waals surface area (Å²) in [6.07, 6.45) is 4.05. The second-order valence-electron chi connectivity index (χ2n) is 4.01. The Morgan fingerprint density at radius 3 is 2.69 bits per heavy atom. The Morgan fingerprint density at radius 1 is 1.44 bits per heavy atom. The maximum absolute atomic E-state index is 11.9. The zero-order chi connectivity index (χ0) is 11.6. The lowest BCUT2D eigenvalue weighted by molar-refractivity contribution is 0.285. The summed E-state index contributed by atoms with van der Waals surface area (Å²) in [7, 11) is -3.38. The van der Waals surface area contributed by atoms with E-state index in [4.69, 9.17) is 5.11 Å². The van der Waals surface area contributed by atoms with Gasteiger partial charge in [0.25, 0.3) is 0 Å². The molecule has 1 aromatic heterocycles. The van der Waals surface area contributed by atoms with Gasteiger partial charge in [0.2, 0.25) is 10.0 Å². The van der Waals surface area contributed by atoms with E-state index in [2.05, 4.69) is 4.72 Å². The molecule has 1 aromatic rings. The van der Waals surface area contributed by atoms with Gasteiger partial charge in [-0.1, -0.05) is 12.8 Å². The first-order valence-corrected chi connectivity index (χ1v) is 7.69. The fourth-order valence-electron chi connectivity index (χ4n) is 1.92. The van der Waals surface area contributed by atoms with Crippen LogP contribution in [0.1, 0.15) is 30.6 Å². The van der Waals surface area contributed by atoms with Crippen LogP contribution in [-0.2, 0) is 16.6 Å². The van der Waals surface area contributed by atoms with Crippen molar-refractivity contribution in [2.45, 2.75) is 43.2 Å². The summed E-state index contributed by atoms with van der Waals surface area (Å²) in [4.78, 5) is 0.945. The van der Waals surface area contributed by atoms with E-state index in [1.54, 1.807) is 5.38 Å². The minimum Gasteiger partial charge on any atom is -0.391 e. The van der Waals surface area contributed by atoms with Gasteiger partial charge in [0.05, 0.1) is 11.5 Å². The normalized spacial score (nSPS) is 18.1. The summed E-state index contributed by atoms with van der Waals surface area (Å²) in [5.41, 5.74) is 0. The zero-order valence-electron chi connectivity index (χ0n) is 8.85. The Bertz CT molecular complexity index is 446. The van der Waals surface area contributed by atoms with E-state index in [-0.39, 0.29) is 17.5 Å². The first-order chi connectivity index (χ1) is 7.62. The average molecular weight is 261 g/mol. The van der Waals surface area contributed by atoms with Crippen LogP contribution >= 0.6 is 11.3 Å². The van der Waals surface area contributed by atoms with E-state index in [1.807, 2.05) is 0 Å². The molecule has 0 amide bonds. The minimum absolute atomic E-state index is 0.0856. The molecule has 0 radical (unpaired) electrons. The van der Waals surface area contributed by atoms with E-state index < -0.39 is 10.0 Å². The molecule has 0 bridgehead atoms. The molecule has 2 rings (SSSR count). The van der Waals surface area contributed by atoms with Crippen LogP contribution in [0.5, 0.6) is 0 Å². The predicted octanol–water partition coefficient (Wildman–Crippen LogP) is 1.46. The van der Waals surface area contributed by atoms with E-state index in [1.165, 1.54) is 17.4 Å². The van der Waals surface area contributed by atoms with Crippen LogP contribution in [0.25, 0.3) is 0 Å². The topological polar surface area (TPSA) is 66.4 Å². The molecule has 0 aliphatic heterocycles. The lowest BCUT2D eigenvalue weighted by Crippen LogP contribution is -2.32. The summed E-state index contributed by atoms with van der Waals surface area (Å²) in [6, 6.07) is 1.62. The number of thiophene rings is 1. The minimum atomic E-state index is -3.38. The molecule has 1 saturated carbocycles. The number of nitrogens with one attached hydrogen (secondary N) is 1. The largest absolute Gasteiger partial charge is 0.391 e. The molecule has 2 N–H and O–H groups in total. The highest BCUT2D eigenvalue weighted by molar-refractivity contribution is 7.89. The Labute approximate surface area is 99.4 Å². The first-order valence-electron chi connectivity index (χ1n) is 5.32. The van der Waals surface area contributed by atoms with E-state index >= 15 is 0 Å². The SMILES string of the molecule is O=S(=O)(NC1CCCC1)c1csc(CO)c1. The third-order valence-corrected chi connectivity index (χ3v) is 5.34. The van der Waals surface area contributed by atoms with Crippen LogP contribution in [0.3, 0.4) is 0 Å². The van der Waals surface area contributed by atoms with Gasteiger partial charge in [0.1, 0.15) is 0 Å². The highest BCUT2D eigenvalue weighted by atomic mass is 32.2. The van der Waals surface area contributed by atoms with Crippen molar-refractivity contribution in [1.29, 1.82) is 0 Å². The van der Waals surface area contributed by atoms with Crippen LogP contribution in [-0.4, -0.2) is 19.6 Å². The lowest BCUT2D eigenvalue weighted by Gasteiger charge is -2.10. The van der Waals surface area contributed by atoms with Gasteiger partial charge in [-0.25, -0.2) is 13.1 Å². The molecule has 1 aliphatic carbocycles. The smallest absolute Gasteiger partial charge is 0.241 e. The van der Waals surface area contributed by atoms with Gasteiger partial charge in [0.15, 0.2) is 0 Å². The van der Waals surface area contributed by atoms with Crippen LogP contribution < -0.4 is 4.72 Å². The van der Waals surface area contributed by atoms with Gasteiger partial charge in [-0.15, -0.1) is 11.3 Å². The lowest BCUT2D eigenvalue weighted by atomic mass is 10.3. The van der Waals surface area contributed by atoms with Crippen molar-refractivity contribution in [2.75, 3.05) is 0 Å². The molecule has 1 fully saturated rings. The summed E-state index contributed by atoms with van der Waals surface area (Å²) < 4.78 is 26.6. The van der Waals surface area contributed by atoms with Crippen LogP contribution in [0.15, 0.2) is 16.3 Å². The molecule has 4 nitrogen and oxygen atoms in total. The van der Waals surface area contributed by atoms with E-state index in [0.717, 1.165) is 25.7 Å². The van der Waals surface area contributed by atoms with E-state index in [9.17, 15) is 8.42 Å². The summed E-state index contributed by atoms with van der Waals surface area (Å²) in [6.45, 7) is -0.108. The quantitative estimate of drug-likeness (QED) is 0.862. The Morgan fingerprint density at radius 2 is 2.12 bits per heavy atom. The molecule has 0 spiro atoms. The number of rotatable bonds is 4. The van der Waals surface area contributed by atoms with Gasteiger partial charge < -0.3 is 5.11 Å². The second kappa shape index (κ2) is 4.83. The van der Waals surface area contributed by atoms with Crippen molar-refractivity contribution < 1.29 is 13.5 Å². The number of aliphatic hydroxyl groups excluding tert-OH is 1. The molecule has 6 heteroatoms. The van der Waals surface area contributed by atoms with Crippen molar-refractivity contribution in [3.63, 3.8) is 0 Å². The van der Waals surface area contributed by atoms with Crippen molar-refractivity contribution in [1.82, 2.24) is 4.72 Å². The third-order valence-electron chi connectivity index (χ3n) is 2.77. The molecule has 0 aromatic carbocycles. The molecule has 90 valence electrons. The number of sulfonamides is 1. The molecule has 0 atom stereocenters. The molecular formula is C10H15NO3S2. The average Bonchev–Trinajstić information content (AvgIpc) is 2.85. The highest BCUT2D eigenvalue weighted by Crippen LogP contribution is 2.23. The monoisotopic (exact) mass is 261 g/mol. The van der Waals surface area contributed by atoms with Crippen LogP contribution in [0.4, 0.5) is 0 Å². The standard InChI is InChI=1S/C10H15NO3S2/c12-6-9-5-10(7-15-9)16(13,14)11-8-3-1-2-4-8/h5,7-8,11-12H,1-4,6H2. The van der Waals surface area contributed by atoms with Crippen molar-refractivity contribution in [3.8, 4) is 0 Å². The van der Waals surface area contributed by atoms with Crippen LogP contribution in [0, 0.1) is 0 Å². The molecule has 1 heterocycles. The fraction of sp³-hybridized carbons (Fsp3) is 0.600. The summed E-state index contributed by atoms with van der Waals surface area (Å²) in [5, 5.41) is 10.5. The maximum atomic E-state index is 11.9. The van der Waals surface area contributed by atoms with Crippen LogP contribution in [0.2, 0.25) is 0 Å². The summed E-state index contributed by atoms with van der Waals surface area (Å²) >= 11 is 1.27. The van der Waals surface area contributed by atoms with Gasteiger partial charge in [-0.05, 0) is 18.9 Å². The number of aliphatic hydroxyl groups is 1. The molecule has 0 saturated heterocycles. The van der Waals surface area contributed by atoms with Gasteiger partial charge >= 0.3 is 0 Å². The first kappa shape index (κ1) is 12.0. The van der Waals surface area contributed by atoms with Crippen molar-refractivity contribution in [3.05, 3.63) is 16.3 Å². The molecule has 16 heavy (non-hydrogen) atoms. The van der Waals surface area contributed by atoms with Gasteiger partial charge in [-0.3, -0.25) is 0 Å². The second-order valence-corrected chi connectivity index (χ2v) is 6.72. The van der Waals surface area contributed by atoms with Crippen molar-refractivity contribution >= 4 is 21.4 Å². The van der Waals surface area contributed by atoms with Gasteiger partial charge in [-0.2, -0.15) is 0 Å². The molecular weight excluding hydrogens is 246 g/mol. The van der Waals surface area contributed by atoms with Gasteiger partial charge in [0, 0.05) is 16.3 Å². The Hall–Kier alpha value is -0.430. The van der Waals surface area contributed by atoms with Crippen molar-refractivity contribution in [2.24, 2.45) is 0 Å².